The number of carboxylic acids is 1. The summed E-state index contributed by atoms with van der Waals surface area (Å²) in [6.45, 7) is 0.335. The molecule has 3 heterocycles. The molecule has 0 amide bonds. The number of benzene rings is 2. The predicted octanol–water partition coefficient (Wildman–Crippen LogP) is 3.95. The highest BCUT2D eigenvalue weighted by Gasteiger charge is 2.16. The van der Waals surface area contributed by atoms with E-state index >= 15 is 0 Å². The quantitative estimate of drug-likeness (QED) is 0.223. The van der Waals surface area contributed by atoms with Gasteiger partial charge in [0.05, 0.1) is 25.3 Å². The van der Waals surface area contributed by atoms with Crippen LogP contribution in [0.15, 0.2) is 72.0 Å². The number of pyridine rings is 2. The molecule has 0 bridgehead atoms. The lowest BCUT2D eigenvalue weighted by Gasteiger charge is -2.13. The van der Waals surface area contributed by atoms with Gasteiger partial charge < -0.3 is 30.6 Å². The molecule has 13 heteroatoms. The van der Waals surface area contributed by atoms with E-state index in [4.69, 9.17) is 20.9 Å². The van der Waals surface area contributed by atoms with E-state index in [1.165, 1.54) is 20.4 Å². The number of fused-ring (bicyclic) bond motifs is 1. The first-order valence-electron chi connectivity index (χ1n) is 12.7. The predicted molar refractivity (Wildman–Crippen MR) is 172 cm³/mol. The van der Waals surface area contributed by atoms with Crippen molar-refractivity contribution in [3.05, 3.63) is 111 Å². The van der Waals surface area contributed by atoms with Crippen LogP contribution in [0.2, 0.25) is 0 Å². The maximum Gasteiger partial charge on any atom is 0.341 e. The number of hydrogen-bond donors (Lipinski definition) is 3. The van der Waals surface area contributed by atoms with Crippen molar-refractivity contribution in [2.24, 2.45) is 0 Å². The number of aromatic carboxylic acids is 1. The number of aromatic nitrogens is 4. The first-order chi connectivity index (χ1) is 20.3. The molecule has 3 aromatic heterocycles. The van der Waals surface area contributed by atoms with Crippen LogP contribution in [0.4, 0.5) is 11.8 Å². The van der Waals surface area contributed by atoms with E-state index in [1.54, 1.807) is 41.4 Å². The van der Waals surface area contributed by atoms with Crippen molar-refractivity contribution in [1.29, 1.82) is 0 Å². The number of anilines is 2. The second-order valence-electron chi connectivity index (χ2n) is 9.34. The second-order valence-corrected chi connectivity index (χ2v) is 9.34. The molecule has 5 rings (SSSR count). The van der Waals surface area contributed by atoms with Crippen LogP contribution in [-0.2, 0) is 13.0 Å². The Hall–Kier alpha value is -5.31. The molecule has 0 saturated heterocycles. The number of halogens is 2. The number of rotatable bonds is 7. The van der Waals surface area contributed by atoms with Gasteiger partial charge in [0, 0.05) is 54.3 Å². The number of nitrogen functional groups attached to an aromatic ring is 2. The summed E-state index contributed by atoms with van der Waals surface area (Å²) < 4.78 is 12.9. The topological polar surface area (TPSA) is 168 Å². The molecule has 0 spiro atoms. The number of nitrogens with two attached hydrogens (primary N) is 2. The molecular weight excluding hydrogens is 607 g/mol. The average molecular weight is 636 g/mol. The van der Waals surface area contributed by atoms with Crippen LogP contribution < -0.4 is 26.4 Å². The SMILES string of the molecule is COc1cc(Cc2cnc(N)nc2N)cc(C#Cc2ccc3c(=O)c(C(=O)O)cn(Cc4ccncc4)c3c2)c1OC.Cl.Cl. The van der Waals surface area contributed by atoms with Gasteiger partial charge in [-0.2, -0.15) is 4.98 Å². The minimum absolute atomic E-state index is 0. The molecule has 0 aliphatic heterocycles. The molecule has 0 saturated carbocycles. The molecule has 226 valence electrons. The van der Waals surface area contributed by atoms with Gasteiger partial charge in [0.2, 0.25) is 11.4 Å². The molecule has 0 atom stereocenters. The second kappa shape index (κ2) is 14.2. The molecule has 0 fully saturated rings. The van der Waals surface area contributed by atoms with Crippen LogP contribution in [0.1, 0.15) is 38.2 Å². The van der Waals surface area contributed by atoms with Gasteiger partial charge in [-0.25, -0.2) is 9.78 Å². The zero-order valence-electron chi connectivity index (χ0n) is 23.6. The average Bonchev–Trinajstić information content (AvgIpc) is 2.98. The van der Waals surface area contributed by atoms with Crippen molar-refractivity contribution in [3.8, 4) is 23.3 Å². The third kappa shape index (κ3) is 7.00. The highest BCUT2D eigenvalue weighted by Crippen LogP contribution is 2.33. The molecule has 0 aliphatic rings. The molecular formula is C31H28Cl2N6O5. The van der Waals surface area contributed by atoms with E-state index < -0.39 is 11.4 Å². The van der Waals surface area contributed by atoms with E-state index in [0.717, 1.165) is 11.1 Å². The van der Waals surface area contributed by atoms with Gasteiger partial charge in [-0.3, -0.25) is 9.78 Å². The van der Waals surface area contributed by atoms with E-state index in [-0.39, 0.29) is 47.5 Å². The Morgan fingerprint density at radius 2 is 1.75 bits per heavy atom. The first-order valence-corrected chi connectivity index (χ1v) is 12.7. The van der Waals surface area contributed by atoms with Crippen LogP contribution >= 0.6 is 24.8 Å². The maximum atomic E-state index is 13.0. The van der Waals surface area contributed by atoms with Gasteiger partial charge in [0.25, 0.3) is 0 Å². The Kier molecular flexibility index (Phi) is 10.7. The standard InChI is InChI=1S/C31H26N6O5.2ClH/c1-41-26-14-20(12-22-15-35-31(33)36-29(22)32)11-21(28(26)42-2)5-3-18-4-6-23-25(13-18)37(16-19-7-9-34-10-8-19)17-24(27(23)38)30(39)40;;/h4,6-11,13-15,17H,12,16H2,1-2H3,(H,39,40)(H4,32,33,35,36);2*1H. The normalized spacial score (nSPS) is 10.1. The van der Waals surface area contributed by atoms with Crippen molar-refractivity contribution >= 4 is 53.5 Å². The van der Waals surface area contributed by atoms with Crippen molar-refractivity contribution in [1.82, 2.24) is 19.5 Å². The molecule has 0 unspecified atom stereocenters. The van der Waals surface area contributed by atoms with Gasteiger partial charge in [-0.05, 0) is 53.6 Å². The molecule has 2 aromatic carbocycles. The first kappa shape index (κ1) is 33.2. The Morgan fingerprint density at radius 3 is 2.41 bits per heavy atom. The zero-order valence-corrected chi connectivity index (χ0v) is 25.2. The Labute approximate surface area is 264 Å². The van der Waals surface area contributed by atoms with Gasteiger partial charge >= 0.3 is 5.97 Å². The van der Waals surface area contributed by atoms with Gasteiger partial charge in [0.1, 0.15) is 11.4 Å². The fraction of sp³-hybridized carbons (Fsp3) is 0.129. The fourth-order valence-corrected chi connectivity index (χ4v) is 4.58. The minimum atomic E-state index is -1.29. The van der Waals surface area contributed by atoms with E-state index in [9.17, 15) is 14.7 Å². The van der Waals surface area contributed by atoms with Gasteiger partial charge in [0.15, 0.2) is 11.5 Å². The summed E-state index contributed by atoms with van der Waals surface area (Å²) in [6.07, 6.45) is 6.65. The molecule has 11 nitrogen and oxygen atoms in total. The van der Waals surface area contributed by atoms with Crippen molar-refractivity contribution < 1.29 is 19.4 Å². The molecule has 5 aromatic rings. The minimum Gasteiger partial charge on any atom is -0.493 e. The highest BCUT2D eigenvalue weighted by molar-refractivity contribution is 5.93. The number of carboxylic acid groups (broad SMARTS) is 1. The lowest BCUT2D eigenvalue weighted by molar-refractivity contribution is 0.0695. The van der Waals surface area contributed by atoms with Crippen molar-refractivity contribution in [2.75, 3.05) is 25.7 Å². The summed E-state index contributed by atoms with van der Waals surface area (Å²) >= 11 is 0. The fourth-order valence-electron chi connectivity index (χ4n) is 4.58. The summed E-state index contributed by atoms with van der Waals surface area (Å²) in [4.78, 5) is 36.8. The number of nitrogens with zero attached hydrogens (tertiary/aromatic N) is 4. The third-order valence-electron chi connectivity index (χ3n) is 6.61. The Bertz CT molecular complexity index is 1960. The summed E-state index contributed by atoms with van der Waals surface area (Å²) in [6, 6.07) is 12.4. The van der Waals surface area contributed by atoms with Crippen LogP contribution in [0.3, 0.4) is 0 Å². The van der Waals surface area contributed by atoms with Crippen LogP contribution in [-0.4, -0.2) is 44.8 Å². The largest absolute Gasteiger partial charge is 0.493 e. The number of ether oxygens (including phenoxy) is 2. The van der Waals surface area contributed by atoms with Crippen molar-refractivity contribution in [2.45, 2.75) is 13.0 Å². The summed E-state index contributed by atoms with van der Waals surface area (Å²) in [5, 5.41) is 9.91. The summed E-state index contributed by atoms with van der Waals surface area (Å²) in [7, 11) is 3.07. The molecule has 44 heavy (non-hydrogen) atoms. The van der Waals surface area contributed by atoms with Gasteiger partial charge in [-0.15, -0.1) is 24.8 Å². The van der Waals surface area contributed by atoms with Crippen molar-refractivity contribution in [3.63, 3.8) is 0 Å². The Morgan fingerprint density at radius 1 is 1.00 bits per heavy atom. The van der Waals surface area contributed by atoms with Crippen LogP contribution in [0, 0.1) is 11.8 Å². The third-order valence-corrected chi connectivity index (χ3v) is 6.61. The maximum absolute atomic E-state index is 13.0. The number of hydrogen-bond acceptors (Lipinski definition) is 9. The van der Waals surface area contributed by atoms with Crippen LogP contribution in [0.5, 0.6) is 11.5 Å². The monoisotopic (exact) mass is 634 g/mol. The molecule has 0 radical (unpaired) electrons. The van der Waals surface area contributed by atoms with Crippen LogP contribution in [0.25, 0.3) is 10.9 Å². The highest BCUT2D eigenvalue weighted by atomic mass is 35.5. The smallest absolute Gasteiger partial charge is 0.341 e. The molecule has 5 N–H and O–H groups in total. The lowest BCUT2D eigenvalue weighted by atomic mass is 10.0. The Balaban J connectivity index is 0.00000264. The van der Waals surface area contributed by atoms with Gasteiger partial charge in [-0.1, -0.05) is 11.8 Å². The van der Waals surface area contributed by atoms with E-state index in [0.29, 0.717) is 46.7 Å². The molecule has 0 aliphatic carbocycles. The lowest BCUT2D eigenvalue weighted by Crippen LogP contribution is -2.19. The zero-order chi connectivity index (χ0) is 29.8. The number of methoxy groups -OCH3 is 2. The van der Waals surface area contributed by atoms with E-state index in [2.05, 4.69) is 26.8 Å². The van der Waals surface area contributed by atoms with E-state index in [1.807, 2.05) is 24.3 Å². The summed E-state index contributed by atoms with van der Waals surface area (Å²) in [5.41, 5.74) is 14.9. The summed E-state index contributed by atoms with van der Waals surface area (Å²) in [5.74, 6) is 6.33. The number of carbonyl (C=O) groups is 1.